The van der Waals surface area contributed by atoms with Gasteiger partial charge < -0.3 is 11.5 Å². The molecule has 0 radical (unpaired) electrons. The van der Waals surface area contributed by atoms with Crippen molar-refractivity contribution in [1.29, 1.82) is 0 Å². The van der Waals surface area contributed by atoms with Crippen LogP contribution < -0.4 is 11.5 Å². The van der Waals surface area contributed by atoms with Gasteiger partial charge in [-0.1, -0.05) is 41.5 Å². The first kappa shape index (κ1) is 12.3. The molecule has 1 unspecified atom stereocenters. The Labute approximate surface area is 104 Å². The molecule has 0 spiro atoms. The van der Waals surface area contributed by atoms with Gasteiger partial charge in [0.05, 0.1) is 0 Å². The van der Waals surface area contributed by atoms with Crippen LogP contribution in [-0.4, -0.2) is 13.1 Å². The maximum Gasteiger partial charge on any atom is 0.0139 e. The maximum atomic E-state index is 6.07. The van der Waals surface area contributed by atoms with Crippen molar-refractivity contribution in [2.45, 2.75) is 31.6 Å². The summed E-state index contributed by atoms with van der Waals surface area (Å²) in [6.07, 6.45) is 3.29. The molecule has 0 saturated heterocycles. The molecule has 1 aromatic rings. The van der Waals surface area contributed by atoms with Crippen LogP contribution in [0.3, 0.4) is 0 Å². The Morgan fingerprint density at radius 1 is 1.18 bits per heavy atom. The Bertz CT molecular complexity index is 408. The van der Waals surface area contributed by atoms with Crippen molar-refractivity contribution >= 4 is 0 Å². The standard InChI is InChI=1S/C15H22N2/c1-12-7-8-15(11-17,9-13(12)10-16)14-5-3-2-4-6-14/h2-6H,7-11,16-17H2,1H3. The Kier molecular flexibility index (Phi) is 3.65. The van der Waals surface area contributed by atoms with Crippen molar-refractivity contribution in [3.05, 3.63) is 47.0 Å². The van der Waals surface area contributed by atoms with Crippen LogP contribution in [0.1, 0.15) is 31.7 Å². The zero-order chi connectivity index (χ0) is 12.3. The summed E-state index contributed by atoms with van der Waals surface area (Å²) in [6.45, 7) is 3.57. The minimum absolute atomic E-state index is 0.107. The van der Waals surface area contributed by atoms with Gasteiger partial charge in [-0.3, -0.25) is 0 Å². The molecule has 2 heteroatoms. The average molecular weight is 230 g/mol. The first-order valence-electron chi connectivity index (χ1n) is 6.35. The molecule has 0 heterocycles. The maximum absolute atomic E-state index is 6.07. The van der Waals surface area contributed by atoms with E-state index in [1.54, 1.807) is 0 Å². The molecule has 17 heavy (non-hydrogen) atoms. The Morgan fingerprint density at radius 2 is 1.88 bits per heavy atom. The molecule has 0 aromatic heterocycles. The Morgan fingerprint density at radius 3 is 2.47 bits per heavy atom. The van der Waals surface area contributed by atoms with E-state index in [-0.39, 0.29) is 5.41 Å². The van der Waals surface area contributed by atoms with Crippen LogP contribution >= 0.6 is 0 Å². The van der Waals surface area contributed by atoms with Gasteiger partial charge in [0, 0.05) is 18.5 Å². The number of hydrogen-bond acceptors (Lipinski definition) is 2. The monoisotopic (exact) mass is 230 g/mol. The van der Waals surface area contributed by atoms with Crippen LogP contribution in [0.25, 0.3) is 0 Å². The van der Waals surface area contributed by atoms with E-state index in [4.69, 9.17) is 11.5 Å². The van der Waals surface area contributed by atoms with Gasteiger partial charge in [-0.25, -0.2) is 0 Å². The van der Waals surface area contributed by atoms with Gasteiger partial charge >= 0.3 is 0 Å². The van der Waals surface area contributed by atoms with Crippen LogP contribution in [-0.2, 0) is 5.41 Å². The van der Waals surface area contributed by atoms with Crippen LogP contribution in [0.5, 0.6) is 0 Å². The lowest BCUT2D eigenvalue weighted by Gasteiger charge is -2.38. The lowest BCUT2D eigenvalue weighted by molar-refractivity contribution is 0.376. The second kappa shape index (κ2) is 5.03. The van der Waals surface area contributed by atoms with E-state index >= 15 is 0 Å². The molecular weight excluding hydrogens is 208 g/mol. The molecule has 0 fully saturated rings. The predicted octanol–water partition coefficient (Wildman–Crippen LogP) is 2.34. The topological polar surface area (TPSA) is 52.0 Å². The minimum Gasteiger partial charge on any atom is -0.330 e. The quantitative estimate of drug-likeness (QED) is 0.783. The zero-order valence-corrected chi connectivity index (χ0v) is 10.6. The van der Waals surface area contributed by atoms with E-state index in [1.165, 1.54) is 16.7 Å². The van der Waals surface area contributed by atoms with Crippen LogP contribution in [0.2, 0.25) is 0 Å². The van der Waals surface area contributed by atoms with Gasteiger partial charge in [0.2, 0.25) is 0 Å². The van der Waals surface area contributed by atoms with Crippen molar-refractivity contribution in [3.63, 3.8) is 0 Å². The summed E-state index contributed by atoms with van der Waals surface area (Å²) < 4.78 is 0. The van der Waals surface area contributed by atoms with Crippen molar-refractivity contribution in [1.82, 2.24) is 0 Å². The molecule has 0 saturated carbocycles. The molecule has 0 aliphatic heterocycles. The SMILES string of the molecule is CC1=C(CN)CC(CN)(c2ccccc2)CC1. The molecule has 0 amide bonds. The zero-order valence-electron chi connectivity index (χ0n) is 10.6. The van der Waals surface area contributed by atoms with Crippen molar-refractivity contribution < 1.29 is 0 Å². The molecular formula is C15H22N2. The van der Waals surface area contributed by atoms with E-state index in [9.17, 15) is 0 Å². The number of allylic oxidation sites excluding steroid dienone is 1. The number of rotatable bonds is 3. The lowest BCUT2D eigenvalue weighted by atomic mass is 9.67. The summed E-state index contributed by atoms with van der Waals surface area (Å²) in [6, 6.07) is 10.6. The third kappa shape index (κ3) is 2.28. The molecule has 4 N–H and O–H groups in total. The molecule has 92 valence electrons. The van der Waals surface area contributed by atoms with Gasteiger partial charge in [0.1, 0.15) is 0 Å². The van der Waals surface area contributed by atoms with Gasteiger partial charge in [-0.2, -0.15) is 0 Å². The summed E-state index contributed by atoms with van der Waals surface area (Å²) in [5.74, 6) is 0. The molecule has 1 aromatic carbocycles. The summed E-state index contributed by atoms with van der Waals surface area (Å²) in [4.78, 5) is 0. The van der Waals surface area contributed by atoms with E-state index < -0.39 is 0 Å². The second-order valence-electron chi connectivity index (χ2n) is 5.12. The lowest BCUT2D eigenvalue weighted by Crippen LogP contribution is -2.38. The van der Waals surface area contributed by atoms with Crippen molar-refractivity contribution in [3.8, 4) is 0 Å². The fourth-order valence-electron chi connectivity index (χ4n) is 2.83. The predicted molar refractivity (Wildman–Crippen MR) is 72.8 cm³/mol. The first-order chi connectivity index (χ1) is 8.22. The average Bonchev–Trinajstić information content (AvgIpc) is 2.41. The van der Waals surface area contributed by atoms with E-state index in [0.29, 0.717) is 13.1 Å². The van der Waals surface area contributed by atoms with Crippen LogP contribution in [0, 0.1) is 0 Å². The molecule has 2 nitrogen and oxygen atoms in total. The van der Waals surface area contributed by atoms with Gasteiger partial charge in [-0.05, 0) is 31.7 Å². The van der Waals surface area contributed by atoms with Gasteiger partial charge in [0.15, 0.2) is 0 Å². The smallest absolute Gasteiger partial charge is 0.0139 e. The van der Waals surface area contributed by atoms with Gasteiger partial charge in [-0.15, -0.1) is 0 Å². The molecule has 0 bridgehead atoms. The third-order valence-corrected chi connectivity index (χ3v) is 4.16. The highest BCUT2D eigenvalue weighted by molar-refractivity contribution is 5.33. The second-order valence-corrected chi connectivity index (χ2v) is 5.12. The highest BCUT2D eigenvalue weighted by atomic mass is 14.6. The van der Waals surface area contributed by atoms with Crippen molar-refractivity contribution in [2.75, 3.05) is 13.1 Å². The highest BCUT2D eigenvalue weighted by Gasteiger charge is 2.34. The number of hydrogen-bond donors (Lipinski definition) is 2. The Hall–Kier alpha value is -1.12. The molecule has 2 rings (SSSR count). The molecule has 1 atom stereocenters. The van der Waals surface area contributed by atoms with E-state index in [2.05, 4.69) is 37.3 Å². The normalized spacial score (nSPS) is 25.1. The molecule has 1 aliphatic rings. The van der Waals surface area contributed by atoms with Crippen molar-refractivity contribution in [2.24, 2.45) is 11.5 Å². The van der Waals surface area contributed by atoms with Crippen LogP contribution in [0.4, 0.5) is 0 Å². The summed E-state index contributed by atoms with van der Waals surface area (Å²) >= 11 is 0. The van der Waals surface area contributed by atoms with E-state index in [0.717, 1.165) is 19.3 Å². The van der Waals surface area contributed by atoms with Gasteiger partial charge in [0.25, 0.3) is 0 Å². The summed E-state index contributed by atoms with van der Waals surface area (Å²) in [5.41, 5.74) is 16.2. The summed E-state index contributed by atoms with van der Waals surface area (Å²) in [7, 11) is 0. The van der Waals surface area contributed by atoms with E-state index in [1.807, 2.05) is 0 Å². The number of benzene rings is 1. The number of nitrogens with two attached hydrogens (primary N) is 2. The molecule has 1 aliphatic carbocycles. The minimum atomic E-state index is 0.107. The largest absolute Gasteiger partial charge is 0.330 e. The summed E-state index contributed by atoms with van der Waals surface area (Å²) in [5, 5.41) is 0. The fourth-order valence-corrected chi connectivity index (χ4v) is 2.83. The van der Waals surface area contributed by atoms with Crippen LogP contribution in [0.15, 0.2) is 41.5 Å². The Balaban J connectivity index is 2.35. The first-order valence-corrected chi connectivity index (χ1v) is 6.35. The third-order valence-electron chi connectivity index (χ3n) is 4.16. The highest BCUT2D eigenvalue weighted by Crippen LogP contribution is 2.40. The fraction of sp³-hybridized carbons (Fsp3) is 0.467.